The van der Waals surface area contributed by atoms with Crippen molar-refractivity contribution >= 4 is 11.8 Å². The highest BCUT2D eigenvalue weighted by Gasteiger charge is 2.23. The fourth-order valence-corrected chi connectivity index (χ4v) is 1.49. The van der Waals surface area contributed by atoms with Gasteiger partial charge in [0.1, 0.15) is 0 Å². The van der Waals surface area contributed by atoms with Crippen LogP contribution in [0.2, 0.25) is 0 Å². The van der Waals surface area contributed by atoms with E-state index in [9.17, 15) is 27.2 Å². The number of nitrogens with one attached hydrogen (secondary N) is 2. The van der Waals surface area contributed by atoms with E-state index in [0.717, 1.165) is 0 Å². The lowest BCUT2D eigenvalue weighted by Gasteiger charge is -2.08. The monoisotopic (exact) mass is 313 g/mol. The number of hydrogen-bond acceptors (Lipinski definition) is 3. The van der Waals surface area contributed by atoms with Gasteiger partial charge in [0.05, 0.1) is 11.1 Å². The molecule has 2 amide bonds. The van der Waals surface area contributed by atoms with Crippen LogP contribution in [0.4, 0.5) is 17.6 Å². The molecule has 5 nitrogen and oxygen atoms in total. The molecule has 1 aromatic heterocycles. The number of carbonyl (C=O) groups is 2. The number of halogens is 4. The van der Waals surface area contributed by atoms with Gasteiger partial charge in [0.15, 0.2) is 23.3 Å². The largest absolute Gasteiger partial charge is 0.272 e. The Kier molecular flexibility index (Phi) is 4.35. The van der Waals surface area contributed by atoms with Crippen molar-refractivity contribution in [2.45, 2.75) is 0 Å². The molecule has 0 bridgehead atoms. The van der Waals surface area contributed by atoms with Crippen LogP contribution in [0.5, 0.6) is 0 Å². The third-order valence-corrected chi connectivity index (χ3v) is 2.56. The van der Waals surface area contributed by atoms with Gasteiger partial charge in [-0.3, -0.25) is 25.4 Å². The van der Waals surface area contributed by atoms with Crippen molar-refractivity contribution < 1.29 is 27.2 Å². The van der Waals surface area contributed by atoms with Crippen LogP contribution < -0.4 is 10.9 Å². The van der Waals surface area contributed by atoms with Crippen LogP contribution in [0, 0.1) is 23.3 Å². The van der Waals surface area contributed by atoms with E-state index in [1.165, 1.54) is 24.5 Å². The SMILES string of the molecule is O=C(NNC(=O)c1cc(F)c(F)c(F)c1F)c1cccnc1. The average Bonchev–Trinajstić information content (AvgIpc) is 2.54. The third-order valence-electron chi connectivity index (χ3n) is 2.56. The van der Waals surface area contributed by atoms with E-state index in [-0.39, 0.29) is 11.6 Å². The Morgan fingerprint density at radius 3 is 2.27 bits per heavy atom. The number of nitrogens with zero attached hydrogens (tertiary/aromatic N) is 1. The lowest BCUT2D eigenvalue weighted by atomic mass is 10.2. The molecule has 0 spiro atoms. The molecule has 0 saturated heterocycles. The topological polar surface area (TPSA) is 71.1 Å². The molecule has 114 valence electrons. The van der Waals surface area contributed by atoms with E-state index in [2.05, 4.69) is 4.98 Å². The van der Waals surface area contributed by atoms with E-state index in [1.54, 1.807) is 5.43 Å². The summed E-state index contributed by atoms with van der Waals surface area (Å²) in [5.41, 5.74) is 2.63. The molecule has 2 aromatic rings. The molecule has 0 fully saturated rings. The summed E-state index contributed by atoms with van der Waals surface area (Å²) in [6.07, 6.45) is 2.61. The molecule has 2 N–H and O–H groups in total. The predicted octanol–water partition coefficient (Wildman–Crippen LogP) is 1.71. The summed E-state index contributed by atoms with van der Waals surface area (Å²) in [6.45, 7) is 0. The number of amides is 2. The number of hydrogen-bond donors (Lipinski definition) is 2. The van der Waals surface area contributed by atoms with Gasteiger partial charge in [-0.2, -0.15) is 0 Å². The van der Waals surface area contributed by atoms with Crippen molar-refractivity contribution in [1.29, 1.82) is 0 Å². The Morgan fingerprint density at radius 1 is 0.955 bits per heavy atom. The first-order chi connectivity index (χ1) is 10.4. The number of benzene rings is 1. The minimum atomic E-state index is -2.12. The summed E-state index contributed by atoms with van der Waals surface area (Å²) >= 11 is 0. The molecule has 22 heavy (non-hydrogen) atoms. The Hall–Kier alpha value is -2.97. The molecule has 0 atom stereocenters. The van der Waals surface area contributed by atoms with Crippen LogP contribution >= 0.6 is 0 Å². The van der Waals surface area contributed by atoms with Gasteiger partial charge in [-0.25, -0.2) is 17.6 Å². The Labute approximate surface area is 120 Å². The van der Waals surface area contributed by atoms with Crippen molar-refractivity contribution in [2.75, 3.05) is 0 Å². The second-order valence-electron chi connectivity index (χ2n) is 4.00. The minimum Gasteiger partial charge on any atom is -0.267 e. The maximum Gasteiger partial charge on any atom is 0.272 e. The lowest BCUT2D eigenvalue weighted by molar-refractivity contribution is 0.0843. The molecule has 1 heterocycles. The molecular formula is C13H7F4N3O2. The van der Waals surface area contributed by atoms with Crippen LogP contribution in [-0.4, -0.2) is 16.8 Å². The second kappa shape index (κ2) is 6.20. The maximum absolute atomic E-state index is 13.4. The van der Waals surface area contributed by atoms with Gasteiger partial charge in [0.2, 0.25) is 0 Å². The van der Waals surface area contributed by atoms with Crippen LogP contribution in [0.25, 0.3) is 0 Å². The summed E-state index contributed by atoms with van der Waals surface area (Å²) in [6, 6.07) is 3.02. The zero-order valence-electron chi connectivity index (χ0n) is 10.7. The van der Waals surface area contributed by atoms with Gasteiger partial charge in [0, 0.05) is 12.4 Å². The number of hydrazine groups is 1. The molecule has 0 saturated carbocycles. The van der Waals surface area contributed by atoms with Gasteiger partial charge in [-0.15, -0.1) is 0 Å². The predicted molar refractivity (Wildman–Crippen MR) is 65.4 cm³/mol. The maximum atomic E-state index is 13.4. The van der Waals surface area contributed by atoms with Crippen molar-refractivity contribution in [1.82, 2.24) is 15.8 Å². The molecule has 0 unspecified atom stereocenters. The summed E-state index contributed by atoms with van der Waals surface area (Å²) in [4.78, 5) is 26.8. The normalized spacial score (nSPS) is 10.2. The number of carbonyl (C=O) groups excluding carboxylic acids is 2. The first-order valence-corrected chi connectivity index (χ1v) is 5.75. The van der Waals surface area contributed by atoms with Crippen molar-refractivity contribution in [2.24, 2.45) is 0 Å². The van der Waals surface area contributed by atoms with Crippen molar-refractivity contribution in [3.8, 4) is 0 Å². The summed E-state index contributed by atoms with van der Waals surface area (Å²) in [5.74, 6) is -9.90. The first kappa shape index (κ1) is 15.4. The molecular weight excluding hydrogens is 306 g/mol. The molecule has 0 aliphatic carbocycles. The standard InChI is InChI=1S/C13H7F4N3O2/c14-8-4-7(9(15)11(17)10(8)16)13(22)20-19-12(21)6-2-1-3-18-5-6/h1-5H,(H,19,21)(H,20,22). The second-order valence-corrected chi connectivity index (χ2v) is 4.00. The van der Waals surface area contributed by atoms with E-state index in [0.29, 0.717) is 0 Å². The van der Waals surface area contributed by atoms with Gasteiger partial charge >= 0.3 is 0 Å². The summed E-state index contributed by atoms with van der Waals surface area (Å²) in [5, 5.41) is 0. The number of rotatable bonds is 2. The molecule has 2 rings (SSSR count). The lowest BCUT2D eigenvalue weighted by Crippen LogP contribution is -2.42. The first-order valence-electron chi connectivity index (χ1n) is 5.75. The van der Waals surface area contributed by atoms with Gasteiger partial charge in [0.25, 0.3) is 11.8 Å². The number of pyridine rings is 1. The van der Waals surface area contributed by atoms with Gasteiger partial charge < -0.3 is 0 Å². The third kappa shape index (κ3) is 3.03. The smallest absolute Gasteiger partial charge is 0.267 e. The fourth-order valence-electron chi connectivity index (χ4n) is 1.49. The van der Waals surface area contributed by atoms with E-state index < -0.39 is 40.6 Å². The minimum absolute atomic E-state index is 0.0831. The Balaban J connectivity index is 2.12. The van der Waals surface area contributed by atoms with Crippen LogP contribution in [0.1, 0.15) is 20.7 Å². The average molecular weight is 313 g/mol. The van der Waals surface area contributed by atoms with E-state index >= 15 is 0 Å². The molecule has 9 heteroatoms. The van der Waals surface area contributed by atoms with E-state index in [4.69, 9.17) is 0 Å². The quantitative estimate of drug-likeness (QED) is 0.384. The summed E-state index contributed by atoms with van der Waals surface area (Å²) in [7, 11) is 0. The molecule has 1 aromatic carbocycles. The molecule has 0 aliphatic rings. The zero-order chi connectivity index (χ0) is 16.3. The van der Waals surface area contributed by atoms with Gasteiger partial charge in [-0.1, -0.05) is 0 Å². The fraction of sp³-hybridized carbons (Fsp3) is 0. The highest BCUT2D eigenvalue weighted by molar-refractivity contribution is 5.99. The van der Waals surface area contributed by atoms with Gasteiger partial charge in [-0.05, 0) is 18.2 Å². The van der Waals surface area contributed by atoms with Crippen LogP contribution in [-0.2, 0) is 0 Å². The van der Waals surface area contributed by atoms with Crippen LogP contribution in [0.3, 0.4) is 0 Å². The highest BCUT2D eigenvalue weighted by Crippen LogP contribution is 2.18. The Morgan fingerprint density at radius 2 is 1.64 bits per heavy atom. The van der Waals surface area contributed by atoms with E-state index in [1.807, 2.05) is 5.43 Å². The van der Waals surface area contributed by atoms with Crippen molar-refractivity contribution in [3.63, 3.8) is 0 Å². The Bertz CT molecular complexity index is 738. The molecule has 0 radical (unpaired) electrons. The summed E-state index contributed by atoms with van der Waals surface area (Å²) < 4.78 is 52.1. The zero-order valence-corrected chi connectivity index (χ0v) is 10.7. The molecule has 0 aliphatic heterocycles. The van der Waals surface area contributed by atoms with Crippen LogP contribution in [0.15, 0.2) is 30.6 Å². The number of aromatic nitrogens is 1. The van der Waals surface area contributed by atoms with Crippen molar-refractivity contribution in [3.05, 3.63) is 65.0 Å². The highest BCUT2D eigenvalue weighted by atomic mass is 19.2.